The minimum absolute atomic E-state index is 0.0106. The number of carbonyl (C=O) groups excluding carboxylic acids is 1. The largest absolute Gasteiger partial charge is 0.482 e. The maximum Gasteiger partial charge on any atom is 0.407 e. The Morgan fingerprint density at radius 1 is 1.22 bits per heavy atom. The number of anilines is 1. The van der Waals surface area contributed by atoms with Gasteiger partial charge in [0.2, 0.25) is 5.28 Å². The summed E-state index contributed by atoms with van der Waals surface area (Å²) in [7, 11) is 0. The number of rotatable bonds is 8. The van der Waals surface area contributed by atoms with E-state index in [2.05, 4.69) is 31.7 Å². The molecule has 0 aliphatic rings. The summed E-state index contributed by atoms with van der Waals surface area (Å²) in [6.07, 6.45) is 1.80. The number of carbonyl (C=O) groups is 1. The third kappa shape index (κ3) is 6.64. The van der Waals surface area contributed by atoms with Gasteiger partial charge in [0.05, 0.1) is 6.54 Å². The van der Waals surface area contributed by atoms with Crippen LogP contribution in [0.5, 0.6) is 5.75 Å². The molecule has 8 nitrogen and oxygen atoms in total. The number of ether oxygens (including phenoxy) is 2. The number of hydrogen-bond donors (Lipinski definition) is 3. The summed E-state index contributed by atoms with van der Waals surface area (Å²) < 4.78 is 11.1. The second kappa shape index (κ2) is 10.3. The number of nitrogens with zero attached hydrogens (tertiary/aromatic N) is 2. The van der Waals surface area contributed by atoms with Crippen LogP contribution in [-0.2, 0) is 11.2 Å². The molecular formula is C22H27Cl2N5O3. The SMILES string of the molecule is C[C@@H](CNC(=O)OC(C)(C)C)Oc1c(Cl)nc(Cl)nc1NCCc1c[nH]c2ccccc12. The van der Waals surface area contributed by atoms with Gasteiger partial charge >= 0.3 is 6.09 Å². The molecule has 0 saturated carbocycles. The Morgan fingerprint density at radius 2 is 1.97 bits per heavy atom. The number of benzene rings is 1. The highest BCUT2D eigenvalue weighted by molar-refractivity contribution is 6.33. The topological polar surface area (TPSA) is 101 Å². The van der Waals surface area contributed by atoms with Crippen LogP contribution in [-0.4, -0.2) is 45.8 Å². The van der Waals surface area contributed by atoms with Crippen LogP contribution >= 0.6 is 23.2 Å². The Labute approximate surface area is 197 Å². The van der Waals surface area contributed by atoms with Crippen molar-refractivity contribution in [2.75, 3.05) is 18.4 Å². The zero-order valence-corrected chi connectivity index (χ0v) is 20.0. The van der Waals surface area contributed by atoms with E-state index in [1.54, 1.807) is 27.7 Å². The average molecular weight is 480 g/mol. The zero-order chi connectivity index (χ0) is 23.3. The Kier molecular flexibility index (Phi) is 7.69. The fraction of sp³-hybridized carbons (Fsp3) is 0.409. The molecule has 0 fully saturated rings. The Bertz CT molecular complexity index is 1080. The summed E-state index contributed by atoms with van der Waals surface area (Å²) in [6.45, 7) is 7.97. The van der Waals surface area contributed by atoms with Crippen molar-refractivity contribution in [1.82, 2.24) is 20.3 Å². The molecule has 3 N–H and O–H groups in total. The van der Waals surface area contributed by atoms with Crippen LogP contribution in [0.2, 0.25) is 10.4 Å². The molecule has 3 aromatic rings. The molecule has 0 unspecified atom stereocenters. The van der Waals surface area contributed by atoms with E-state index in [4.69, 9.17) is 32.7 Å². The third-order valence-corrected chi connectivity index (χ3v) is 4.84. The molecule has 172 valence electrons. The minimum Gasteiger partial charge on any atom is -0.482 e. The predicted octanol–water partition coefficient (Wildman–Crippen LogP) is 5.21. The van der Waals surface area contributed by atoms with Crippen LogP contribution in [0, 0.1) is 0 Å². The first-order valence-electron chi connectivity index (χ1n) is 10.3. The lowest BCUT2D eigenvalue weighted by Gasteiger charge is -2.22. The average Bonchev–Trinajstić information content (AvgIpc) is 3.11. The monoisotopic (exact) mass is 479 g/mol. The van der Waals surface area contributed by atoms with E-state index in [0.717, 1.165) is 11.9 Å². The van der Waals surface area contributed by atoms with Crippen molar-refractivity contribution in [3.05, 3.63) is 46.5 Å². The van der Waals surface area contributed by atoms with E-state index in [1.165, 1.54) is 10.9 Å². The maximum atomic E-state index is 11.9. The number of hydrogen-bond acceptors (Lipinski definition) is 6. The molecule has 0 aliphatic carbocycles. The van der Waals surface area contributed by atoms with Gasteiger partial charge in [0.25, 0.3) is 0 Å². The number of H-pyrrole nitrogens is 1. The molecule has 0 radical (unpaired) electrons. The second-order valence-corrected chi connectivity index (χ2v) is 9.00. The first-order valence-corrected chi connectivity index (χ1v) is 11.0. The summed E-state index contributed by atoms with van der Waals surface area (Å²) in [5.74, 6) is 0.660. The van der Waals surface area contributed by atoms with E-state index < -0.39 is 17.8 Å². The first kappa shape index (κ1) is 23.9. The van der Waals surface area contributed by atoms with Crippen LogP contribution < -0.4 is 15.4 Å². The van der Waals surface area contributed by atoms with Crippen molar-refractivity contribution in [1.29, 1.82) is 0 Å². The van der Waals surface area contributed by atoms with Gasteiger partial charge in [0.1, 0.15) is 11.7 Å². The van der Waals surface area contributed by atoms with E-state index in [9.17, 15) is 4.79 Å². The van der Waals surface area contributed by atoms with E-state index in [0.29, 0.717) is 12.4 Å². The van der Waals surface area contributed by atoms with Crippen molar-refractivity contribution in [3.8, 4) is 5.75 Å². The number of halogens is 2. The fourth-order valence-corrected chi connectivity index (χ4v) is 3.49. The molecule has 10 heteroatoms. The summed E-state index contributed by atoms with van der Waals surface area (Å²) in [5, 5.41) is 7.17. The van der Waals surface area contributed by atoms with Crippen LogP contribution in [0.3, 0.4) is 0 Å². The maximum absolute atomic E-state index is 11.9. The minimum atomic E-state index is -0.580. The standard InChI is InChI=1S/C22H27Cl2N5O3/c1-13(11-27-21(30)32-22(2,3)4)31-17-18(23)28-20(24)29-19(17)25-10-9-14-12-26-16-8-6-5-7-15(14)16/h5-8,12-13,26H,9-11H2,1-4H3,(H,27,30)(H,25,28,29)/t13-/m0/s1. The highest BCUT2D eigenvalue weighted by Gasteiger charge is 2.19. The number of amides is 1. The van der Waals surface area contributed by atoms with Crippen LogP contribution in [0.25, 0.3) is 10.9 Å². The Balaban J connectivity index is 1.62. The zero-order valence-electron chi connectivity index (χ0n) is 18.5. The molecule has 0 spiro atoms. The molecule has 2 aromatic heterocycles. The number of aromatic nitrogens is 3. The van der Waals surface area contributed by atoms with Gasteiger partial charge in [-0.3, -0.25) is 0 Å². The van der Waals surface area contributed by atoms with Crippen molar-refractivity contribution in [3.63, 3.8) is 0 Å². The molecule has 1 aromatic carbocycles. The fourth-order valence-electron chi connectivity index (χ4n) is 3.06. The third-order valence-electron chi connectivity index (χ3n) is 4.41. The number of fused-ring (bicyclic) bond motifs is 1. The van der Waals surface area contributed by atoms with Gasteiger partial charge < -0.3 is 25.1 Å². The van der Waals surface area contributed by atoms with Crippen molar-refractivity contribution < 1.29 is 14.3 Å². The second-order valence-electron chi connectivity index (χ2n) is 8.31. The number of para-hydroxylation sites is 1. The molecular weight excluding hydrogens is 453 g/mol. The lowest BCUT2D eigenvalue weighted by atomic mass is 10.1. The number of alkyl carbamates (subject to hydrolysis) is 1. The quantitative estimate of drug-likeness (QED) is 0.302. The molecule has 1 atom stereocenters. The van der Waals surface area contributed by atoms with Gasteiger partial charge in [-0.1, -0.05) is 29.8 Å². The normalized spacial score (nSPS) is 12.4. The predicted molar refractivity (Wildman–Crippen MR) is 127 cm³/mol. The highest BCUT2D eigenvalue weighted by atomic mass is 35.5. The summed E-state index contributed by atoms with van der Waals surface area (Å²) in [6, 6.07) is 8.12. The van der Waals surface area contributed by atoms with Crippen LogP contribution in [0.15, 0.2) is 30.5 Å². The molecule has 2 heterocycles. The van der Waals surface area contributed by atoms with E-state index in [-0.39, 0.29) is 22.7 Å². The van der Waals surface area contributed by atoms with Crippen molar-refractivity contribution in [2.45, 2.75) is 45.8 Å². The number of nitrogens with one attached hydrogen (secondary N) is 3. The molecule has 0 bridgehead atoms. The first-order chi connectivity index (χ1) is 15.1. The van der Waals surface area contributed by atoms with E-state index >= 15 is 0 Å². The lowest BCUT2D eigenvalue weighted by molar-refractivity contribution is 0.0505. The highest BCUT2D eigenvalue weighted by Crippen LogP contribution is 2.32. The van der Waals surface area contributed by atoms with E-state index in [1.807, 2.05) is 24.4 Å². The summed E-state index contributed by atoms with van der Waals surface area (Å²) in [4.78, 5) is 23.3. The van der Waals surface area contributed by atoms with Gasteiger partial charge in [-0.15, -0.1) is 0 Å². The molecule has 0 aliphatic heterocycles. The number of aromatic amines is 1. The van der Waals surface area contributed by atoms with Gasteiger partial charge in [-0.2, -0.15) is 4.98 Å². The molecule has 0 saturated heterocycles. The summed E-state index contributed by atoms with van der Waals surface area (Å²) >= 11 is 12.3. The van der Waals surface area contributed by atoms with Crippen molar-refractivity contribution >= 4 is 46.0 Å². The van der Waals surface area contributed by atoms with Gasteiger partial charge in [0.15, 0.2) is 16.7 Å². The smallest absolute Gasteiger partial charge is 0.407 e. The van der Waals surface area contributed by atoms with Gasteiger partial charge in [-0.05, 0) is 57.3 Å². The van der Waals surface area contributed by atoms with Crippen molar-refractivity contribution in [2.24, 2.45) is 0 Å². The summed E-state index contributed by atoms with van der Waals surface area (Å²) in [5.41, 5.74) is 1.69. The lowest BCUT2D eigenvalue weighted by Crippen LogP contribution is -2.37. The van der Waals surface area contributed by atoms with Crippen LogP contribution in [0.4, 0.5) is 10.6 Å². The van der Waals surface area contributed by atoms with Gasteiger partial charge in [-0.25, -0.2) is 9.78 Å². The van der Waals surface area contributed by atoms with Crippen LogP contribution in [0.1, 0.15) is 33.3 Å². The molecule has 32 heavy (non-hydrogen) atoms. The van der Waals surface area contributed by atoms with Gasteiger partial charge in [0, 0.05) is 23.6 Å². The Hall–Kier alpha value is -2.71. The Morgan fingerprint density at radius 3 is 2.72 bits per heavy atom. The molecule has 3 rings (SSSR count). The molecule has 1 amide bonds.